The van der Waals surface area contributed by atoms with Crippen LogP contribution in [0.2, 0.25) is 0 Å². The van der Waals surface area contributed by atoms with Crippen molar-refractivity contribution in [3.8, 4) is 11.8 Å². The van der Waals surface area contributed by atoms with Crippen LogP contribution in [0.4, 0.5) is 10.1 Å². The van der Waals surface area contributed by atoms with E-state index in [0.717, 1.165) is 31.9 Å². The van der Waals surface area contributed by atoms with E-state index in [1.807, 2.05) is 11.8 Å². The number of carbonyl (C=O) groups is 1. The Balaban J connectivity index is 1.74. The van der Waals surface area contributed by atoms with E-state index in [0.29, 0.717) is 30.7 Å². The molecule has 8 nitrogen and oxygen atoms in total. The number of carboxylic acids is 1. The van der Waals surface area contributed by atoms with Crippen molar-refractivity contribution in [3.05, 3.63) is 33.9 Å². The van der Waals surface area contributed by atoms with Crippen LogP contribution in [0.5, 0.6) is 5.75 Å². The van der Waals surface area contributed by atoms with Gasteiger partial charge in [0.15, 0.2) is 11.6 Å². The molecule has 9 heteroatoms. The van der Waals surface area contributed by atoms with Crippen LogP contribution in [-0.4, -0.2) is 48.4 Å². The molecule has 0 radical (unpaired) electrons. The number of carboxylic acid groups (broad SMARTS) is 1. The zero-order valence-corrected chi connectivity index (χ0v) is 18.2. The number of aromatic carboxylic acids is 1. The van der Waals surface area contributed by atoms with E-state index < -0.39 is 17.2 Å². The van der Waals surface area contributed by atoms with Gasteiger partial charge in [-0.2, -0.15) is 5.26 Å². The number of ether oxygens (including phenoxy) is 1. The van der Waals surface area contributed by atoms with Gasteiger partial charge in [0.25, 0.3) is 0 Å². The third-order valence-electron chi connectivity index (χ3n) is 6.33. The number of methoxy groups -OCH3 is 1. The van der Waals surface area contributed by atoms with E-state index in [1.165, 1.54) is 13.3 Å². The van der Waals surface area contributed by atoms with Gasteiger partial charge in [-0.1, -0.05) is 0 Å². The first kappa shape index (κ1) is 22.1. The normalized spacial score (nSPS) is 19.2. The molecule has 0 spiro atoms. The van der Waals surface area contributed by atoms with Crippen LogP contribution in [0, 0.1) is 23.1 Å². The molecular formula is C23H27FN4O4. The van der Waals surface area contributed by atoms with Crippen LogP contribution < -0.4 is 20.4 Å². The minimum absolute atomic E-state index is 0.0256. The number of nitriles is 1. The molecule has 1 aromatic carbocycles. The zero-order chi connectivity index (χ0) is 23.0. The molecule has 2 aromatic rings. The minimum atomic E-state index is -1.32. The van der Waals surface area contributed by atoms with Gasteiger partial charge in [-0.3, -0.25) is 4.79 Å². The Morgan fingerprint density at radius 2 is 2.19 bits per heavy atom. The average Bonchev–Trinajstić information content (AvgIpc) is 3.49. The van der Waals surface area contributed by atoms with Gasteiger partial charge in [0.2, 0.25) is 5.43 Å². The Morgan fingerprint density at radius 3 is 2.81 bits per heavy atom. The maximum Gasteiger partial charge on any atom is 0.341 e. The predicted octanol–water partition coefficient (Wildman–Crippen LogP) is 2.90. The SMILES string of the molecule is COc1c(N2CCC(CNC(C)CC#N)C2)c(F)cc2c(=O)c(C(=O)O)cn(C3CC3)c12. The van der Waals surface area contributed by atoms with Crippen LogP contribution >= 0.6 is 0 Å². The highest BCUT2D eigenvalue weighted by Crippen LogP contribution is 2.44. The molecule has 0 bridgehead atoms. The standard InChI is InChI=1S/C23H27FN4O4/c1-13(5-7-25)26-10-14-6-8-27(11-14)20-18(24)9-16-19(22(20)32-2)28(15-3-4-15)12-17(21(16)29)23(30)31/h9,12-15,26H,3-6,8,10-11H2,1-2H3,(H,30,31). The first-order valence-corrected chi connectivity index (χ1v) is 10.9. The fraction of sp³-hybridized carbons (Fsp3) is 0.522. The third kappa shape index (κ3) is 4.02. The van der Waals surface area contributed by atoms with Crippen LogP contribution in [0.3, 0.4) is 0 Å². The highest BCUT2D eigenvalue weighted by atomic mass is 19.1. The Bertz CT molecular complexity index is 1150. The minimum Gasteiger partial charge on any atom is -0.492 e. The molecule has 170 valence electrons. The Morgan fingerprint density at radius 1 is 1.44 bits per heavy atom. The van der Waals surface area contributed by atoms with E-state index in [2.05, 4.69) is 11.4 Å². The van der Waals surface area contributed by atoms with Crippen molar-refractivity contribution < 1.29 is 19.0 Å². The van der Waals surface area contributed by atoms with Crippen molar-refractivity contribution >= 4 is 22.6 Å². The maximum absolute atomic E-state index is 15.4. The van der Waals surface area contributed by atoms with Crippen molar-refractivity contribution in [2.24, 2.45) is 5.92 Å². The molecule has 2 heterocycles. The molecule has 1 aliphatic heterocycles. The third-order valence-corrected chi connectivity index (χ3v) is 6.33. The van der Waals surface area contributed by atoms with E-state index in [1.54, 1.807) is 4.57 Å². The van der Waals surface area contributed by atoms with Gasteiger partial charge in [0, 0.05) is 31.4 Å². The molecule has 2 N–H and O–H groups in total. The number of anilines is 1. The fourth-order valence-electron chi connectivity index (χ4n) is 4.50. The summed E-state index contributed by atoms with van der Waals surface area (Å²) in [5, 5.41) is 21.7. The van der Waals surface area contributed by atoms with Crippen molar-refractivity contribution in [2.75, 3.05) is 31.6 Å². The molecule has 1 aromatic heterocycles. The summed E-state index contributed by atoms with van der Waals surface area (Å²) in [6.45, 7) is 3.95. The summed E-state index contributed by atoms with van der Waals surface area (Å²) in [7, 11) is 1.45. The van der Waals surface area contributed by atoms with Gasteiger partial charge in [-0.15, -0.1) is 0 Å². The van der Waals surface area contributed by atoms with Gasteiger partial charge in [-0.05, 0) is 44.7 Å². The first-order valence-electron chi connectivity index (χ1n) is 10.9. The molecule has 1 saturated heterocycles. The number of fused-ring (bicyclic) bond motifs is 1. The number of nitrogens with zero attached hydrogens (tertiary/aromatic N) is 3. The molecule has 4 rings (SSSR count). The van der Waals surface area contributed by atoms with Crippen LogP contribution in [0.25, 0.3) is 10.9 Å². The number of hydrogen-bond acceptors (Lipinski definition) is 6. The number of hydrogen-bond donors (Lipinski definition) is 2. The lowest BCUT2D eigenvalue weighted by molar-refractivity contribution is 0.0695. The number of benzene rings is 1. The smallest absolute Gasteiger partial charge is 0.341 e. The lowest BCUT2D eigenvalue weighted by Crippen LogP contribution is -2.32. The van der Waals surface area contributed by atoms with Crippen molar-refractivity contribution in [3.63, 3.8) is 0 Å². The highest BCUT2D eigenvalue weighted by Gasteiger charge is 2.33. The molecule has 32 heavy (non-hydrogen) atoms. The molecule has 0 amide bonds. The topological polar surface area (TPSA) is 108 Å². The van der Waals surface area contributed by atoms with Gasteiger partial charge < -0.3 is 24.6 Å². The first-order chi connectivity index (χ1) is 15.3. The monoisotopic (exact) mass is 442 g/mol. The molecule has 1 saturated carbocycles. The lowest BCUT2D eigenvalue weighted by Gasteiger charge is -2.25. The number of nitrogens with one attached hydrogen (secondary N) is 1. The van der Waals surface area contributed by atoms with Crippen molar-refractivity contribution in [1.29, 1.82) is 5.26 Å². The second kappa shape index (κ2) is 8.79. The van der Waals surface area contributed by atoms with E-state index in [9.17, 15) is 14.7 Å². The van der Waals surface area contributed by atoms with Gasteiger partial charge in [0.05, 0.1) is 30.5 Å². The molecule has 2 fully saturated rings. The van der Waals surface area contributed by atoms with E-state index in [4.69, 9.17) is 10.00 Å². The summed E-state index contributed by atoms with van der Waals surface area (Å²) in [6.07, 6.45) is 4.39. The number of rotatable bonds is 8. The van der Waals surface area contributed by atoms with Crippen LogP contribution in [0.15, 0.2) is 17.1 Å². The fourth-order valence-corrected chi connectivity index (χ4v) is 4.50. The van der Waals surface area contributed by atoms with Gasteiger partial charge in [-0.25, -0.2) is 9.18 Å². The largest absolute Gasteiger partial charge is 0.492 e. The summed E-state index contributed by atoms with van der Waals surface area (Å²) in [4.78, 5) is 26.3. The lowest BCUT2D eigenvalue weighted by atomic mass is 10.1. The summed E-state index contributed by atoms with van der Waals surface area (Å²) in [5.41, 5.74) is -0.310. The van der Waals surface area contributed by atoms with Crippen molar-refractivity contribution in [1.82, 2.24) is 9.88 Å². The van der Waals surface area contributed by atoms with Crippen LogP contribution in [-0.2, 0) is 0 Å². The van der Waals surface area contributed by atoms with Gasteiger partial charge >= 0.3 is 5.97 Å². The Kier molecular flexibility index (Phi) is 6.07. The highest BCUT2D eigenvalue weighted by molar-refractivity contribution is 5.97. The van der Waals surface area contributed by atoms with E-state index >= 15 is 4.39 Å². The summed E-state index contributed by atoms with van der Waals surface area (Å²) < 4.78 is 22.8. The second-order valence-electron chi connectivity index (χ2n) is 8.72. The molecule has 2 atom stereocenters. The predicted molar refractivity (Wildman–Crippen MR) is 118 cm³/mol. The average molecular weight is 442 g/mol. The molecule has 2 aliphatic rings. The number of pyridine rings is 1. The summed E-state index contributed by atoms with van der Waals surface area (Å²) in [5.74, 6) is -1.36. The van der Waals surface area contributed by atoms with Crippen LogP contribution in [0.1, 0.15) is 49.0 Å². The molecule has 2 unspecified atom stereocenters. The maximum atomic E-state index is 15.4. The van der Waals surface area contributed by atoms with Crippen molar-refractivity contribution in [2.45, 2.75) is 44.7 Å². The second-order valence-corrected chi connectivity index (χ2v) is 8.72. The van der Waals surface area contributed by atoms with E-state index in [-0.39, 0.29) is 34.7 Å². The van der Waals surface area contributed by atoms with Gasteiger partial charge in [0.1, 0.15) is 11.3 Å². The summed E-state index contributed by atoms with van der Waals surface area (Å²) in [6, 6.07) is 3.47. The molecule has 1 aliphatic carbocycles. The number of aromatic nitrogens is 1. The number of halogens is 1. The summed E-state index contributed by atoms with van der Waals surface area (Å²) >= 11 is 0. The Hall–Kier alpha value is -3.12. The Labute approximate surface area is 185 Å². The molecular weight excluding hydrogens is 415 g/mol. The zero-order valence-electron chi connectivity index (χ0n) is 18.2. The quantitative estimate of drug-likeness (QED) is 0.647.